The number of alkyl carbamates (subject to hydrolysis) is 1. The number of hydrogen-bond acceptors (Lipinski definition) is 9. The Morgan fingerprint density at radius 2 is 1.93 bits per heavy atom. The molecule has 2 aliphatic heterocycles. The van der Waals surface area contributed by atoms with Crippen molar-refractivity contribution in [3.8, 4) is 5.75 Å². The van der Waals surface area contributed by atoms with E-state index in [1.807, 2.05) is 44.2 Å². The van der Waals surface area contributed by atoms with Crippen LogP contribution < -0.4 is 15.8 Å². The number of nitrogens with one attached hydrogen (secondary N) is 1. The fourth-order valence-corrected chi connectivity index (χ4v) is 6.67. The zero-order valence-electron chi connectivity index (χ0n) is 23.1. The van der Waals surface area contributed by atoms with Crippen molar-refractivity contribution in [1.82, 2.24) is 9.62 Å². The molecule has 2 aromatic rings. The lowest BCUT2D eigenvalue weighted by molar-refractivity contribution is -0.0907. The van der Waals surface area contributed by atoms with Crippen molar-refractivity contribution in [1.29, 1.82) is 0 Å². The lowest BCUT2D eigenvalue weighted by atomic mass is 10.0. The van der Waals surface area contributed by atoms with Gasteiger partial charge in [0.15, 0.2) is 6.29 Å². The first-order valence-corrected chi connectivity index (χ1v) is 14.9. The number of nitrogens with zero attached hydrogens (tertiary/aromatic N) is 1. The number of nitrogen functional groups attached to an aromatic ring is 1. The highest BCUT2D eigenvalue weighted by Gasteiger charge is 2.44. The Morgan fingerprint density at radius 1 is 1.18 bits per heavy atom. The number of aliphatic hydroxyl groups excluding tert-OH is 1. The summed E-state index contributed by atoms with van der Waals surface area (Å²) in [6.45, 7) is 4.46. The van der Waals surface area contributed by atoms with Gasteiger partial charge in [-0.2, -0.15) is 4.31 Å². The quantitative estimate of drug-likeness (QED) is 0.323. The maximum atomic E-state index is 13.7. The van der Waals surface area contributed by atoms with Gasteiger partial charge in [-0.15, -0.1) is 0 Å². The maximum Gasteiger partial charge on any atom is 0.407 e. The average molecular weight is 578 g/mol. The van der Waals surface area contributed by atoms with E-state index in [0.29, 0.717) is 12.3 Å². The number of aliphatic hydroxyl groups is 1. The van der Waals surface area contributed by atoms with E-state index in [0.717, 1.165) is 12.0 Å². The van der Waals surface area contributed by atoms with E-state index in [1.165, 1.54) is 29.6 Å². The Bertz CT molecular complexity index is 1240. The predicted molar refractivity (Wildman–Crippen MR) is 148 cm³/mol. The number of anilines is 1. The highest BCUT2D eigenvalue weighted by Crippen LogP contribution is 2.33. The smallest absolute Gasteiger partial charge is 0.407 e. The van der Waals surface area contributed by atoms with E-state index in [1.54, 1.807) is 0 Å². The van der Waals surface area contributed by atoms with Gasteiger partial charge in [-0.25, -0.2) is 13.2 Å². The molecular formula is C28H39N3O8S. The van der Waals surface area contributed by atoms with E-state index in [2.05, 4.69) is 5.32 Å². The number of sulfonamides is 1. The largest absolute Gasteiger partial charge is 0.495 e. The van der Waals surface area contributed by atoms with Crippen molar-refractivity contribution in [2.45, 2.75) is 56.1 Å². The van der Waals surface area contributed by atoms with Gasteiger partial charge in [0.05, 0.1) is 49.0 Å². The molecule has 2 aromatic carbocycles. The number of fused-ring (bicyclic) bond motifs is 1. The van der Waals surface area contributed by atoms with Gasteiger partial charge in [-0.3, -0.25) is 0 Å². The summed E-state index contributed by atoms with van der Waals surface area (Å²) in [4.78, 5) is 13.0. The second-order valence-corrected chi connectivity index (χ2v) is 12.5. The molecular weight excluding hydrogens is 538 g/mol. The van der Waals surface area contributed by atoms with Gasteiger partial charge in [0.2, 0.25) is 10.0 Å². The molecule has 0 bridgehead atoms. The summed E-state index contributed by atoms with van der Waals surface area (Å²) in [6, 6.07) is 12.8. The number of rotatable bonds is 12. The second kappa shape index (κ2) is 13.2. The van der Waals surface area contributed by atoms with Crippen LogP contribution in [0.3, 0.4) is 0 Å². The van der Waals surface area contributed by atoms with Crippen molar-refractivity contribution < 1.29 is 37.3 Å². The van der Waals surface area contributed by atoms with Crippen molar-refractivity contribution >= 4 is 21.8 Å². The van der Waals surface area contributed by atoms with E-state index in [9.17, 15) is 18.3 Å². The molecule has 0 aliphatic carbocycles. The number of hydrogen-bond donors (Lipinski definition) is 3. The van der Waals surface area contributed by atoms with Crippen LogP contribution in [0.15, 0.2) is 53.4 Å². The van der Waals surface area contributed by atoms with Crippen LogP contribution in [0.4, 0.5) is 10.5 Å². The normalized spacial score (nSPS) is 22.2. The Morgan fingerprint density at radius 3 is 2.62 bits per heavy atom. The number of amides is 1. The molecule has 4 N–H and O–H groups in total. The Kier molecular flexibility index (Phi) is 9.90. The van der Waals surface area contributed by atoms with Gasteiger partial charge < -0.3 is 35.1 Å². The van der Waals surface area contributed by atoms with Crippen LogP contribution in [0.2, 0.25) is 0 Å². The monoisotopic (exact) mass is 577 g/mol. The summed E-state index contributed by atoms with van der Waals surface area (Å²) in [5, 5.41) is 14.2. The maximum absolute atomic E-state index is 13.7. The number of ether oxygens (including phenoxy) is 4. The lowest BCUT2D eigenvalue weighted by Gasteiger charge is -2.31. The van der Waals surface area contributed by atoms with Gasteiger partial charge in [0.25, 0.3) is 0 Å². The molecule has 12 heteroatoms. The topological polar surface area (TPSA) is 150 Å². The van der Waals surface area contributed by atoms with Crippen molar-refractivity contribution in [3.63, 3.8) is 0 Å². The average Bonchev–Trinajstić information content (AvgIpc) is 3.53. The van der Waals surface area contributed by atoms with E-state index < -0.39 is 34.4 Å². The second-order valence-electron chi connectivity index (χ2n) is 10.6. The fraction of sp³-hybridized carbons (Fsp3) is 0.536. The van der Waals surface area contributed by atoms with Gasteiger partial charge >= 0.3 is 6.09 Å². The summed E-state index contributed by atoms with van der Waals surface area (Å²) in [5.41, 5.74) is 7.06. The molecule has 0 spiro atoms. The molecule has 1 amide bonds. The highest BCUT2D eigenvalue weighted by molar-refractivity contribution is 7.89. The molecule has 4 rings (SSSR count). The van der Waals surface area contributed by atoms with Crippen LogP contribution in [0.5, 0.6) is 5.75 Å². The third kappa shape index (κ3) is 7.24. The predicted octanol–water partition coefficient (Wildman–Crippen LogP) is 2.38. The first-order valence-electron chi connectivity index (χ1n) is 13.4. The molecule has 0 saturated carbocycles. The van der Waals surface area contributed by atoms with Gasteiger partial charge in [0, 0.05) is 19.2 Å². The van der Waals surface area contributed by atoms with Crippen LogP contribution >= 0.6 is 0 Å². The minimum Gasteiger partial charge on any atom is -0.495 e. The molecule has 0 radical (unpaired) electrons. The Hall–Kier alpha value is -2.90. The fourth-order valence-electron chi connectivity index (χ4n) is 5.04. The van der Waals surface area contributed by atoms with Crippen molar-refractivity contribution in [3.05, 3.63) is 54.1 Å². The third-order valence-corrected chi connectivity index (χ3v) is 8.94. The van der Waals surface area contributed by atoms with Crippen molar-refractivity contribution in [2.75, 3.05) is 39.1 Å². The minimum absolute atomic E-state index is 0.00653. The number of nitrogens with two attached hydrogens (primary N) is 1. The van der Waals surface area contributed by atoms with Crippen LogP contribution in [-0.4, -0.2) is 81.9 Å². The molecule has 11 nitrogen and oxygen atoms in total. The van der Waals surface area contributed by atoms with Gasteiger partial charge in [0.1, 0.15) is 11.9 Å². The molecule has 5 atom stereocenters. The molecule has 2 aliphatic rings. The Balaban J connectivity index is 1.53. The highest BCUT2D eigenvalue weighted by atomic mass is 32.2. The summed E-state index contributed by atoms with van der Waals surface area (Å²) in [5.74, 6) is 0.169. The van der Waals surface area contributed by atoms with E-state index in [-0.39, 0.29) is 54.9 Å². The number of methoxy groups -OCH3 is 1. The molecule has 40 heavy (non-hydrogen) atoms. The first kappa shape index (κ1) is 30.1. The van der Waals surface area contributed by atoms with Gasteiger partial charge in [-0.05, 0) is 36.5 Å². The van der Waals surface area contributed by atoms with E-state index >= 15 is 0 Å². The molecule has 5 unspecified atom stereocenters. The van der Waals surface area contributed by atoms with Crippen LogP contribution in [0, 0.1) is 11.8 Å². The first-order chi connectivity index (χ1) is 19.1. The third-order valence-electron chi connectivity index (χ3n) is 7.11. The molecule has 2 fully saturated rings. The molecule has 220 valence electrons. The van der Waals surface area contributed by atoms with Crippen LogP contribution in [0.1, 0.15) is 25.8 Å². The summed E-state index contributed by atoms with van der Waals surface area (Å²) >= 11 is 0. The summed E-state index contributed by atoms with van der Waals surface area (Å²) in [7, 11) is -2.63. The van der Waals surface area contributed by atoms with Crippen molar-refractivity contribution in [2.24, 2.45) is 11.8 Å². The van der Waals surface area contributed by atoms with Crippen LogP contribution in [0.25, 0.3) is 0 Å². The number of benzene rings is 2. The van der Waals surface area contributed by atoms with Crippen LogP contribution in [-0.2, 0) is 30.7 Å². The number of carbonyl (C=O) groups excluding carboxylic acids is 1. The molecule has 2 heterocycles. The minimum atomic E-state index is -4.04. The van der Waals surface area contributed by atoms with E-state index in [4.69, 9.17) is 24.7 Å². The standard InChI is InChI=1S/C28H39N3O8S/c1-18(2)15-31(40(34,35)20-9-10-22(29)25(14-20)36-3)16-24(32)23(13-19-7-5-4-6-8-19)30-28(33)39-26-17-38-27-21(26)11-12-37-27/h4-10,14,18,21,23-24,26-27,32H,11-13,15-17,29H2,1-3H3,(H,30,33). The molecule has 2 saturated heterocycles. The zero-order chi connectivity index (χ0) is 28.9. The summed E-state index contributed by atoms with van der Waals surface area (Å²) < 4.78 is 50.6. The molecule has 0 aromatic heterocycles. The SMILES string of the molecule is COc1cc(S(=O)(=O)N(CC(C)C)CC(O)C(Cc2ccccc2)NC(=O)OC2COC3OCCC23)ccc1N. The summed E-state index contributed by atoms with van der Waals surface area (Å²) in [6.07, 6.45) is -1.79. The number of carbonyl (C=O) groups is 1. The zero-order valence-corrected chi connectivity index (χ0v) is 23.9. The Labute approximate surface area is 235 Å². The van der Waals surface area contributed by atoms with Gasteiger partial charge in [-0.1, -0.05) is 44.2 Å². The lowest BCUT2D eigenvalue weighted by Crippen LogP contribution is -2.51.